The lowest BCUT2D eigenvalue weighted by atomic mass is 10.1. The van der Waals surface area contributed by atoms with E-state index in [1.54, 1.807) is 18.2 Å². The van der Waals surface area contributed by atoms with Gasteiger partial charge in [0.15, 0.2) is 6.61 Å². The van der Waals surface area contributed by atoms with Gasteiger partial charge in [0.05, 0.1) is 6.42 Å². The van der Waals surface area contributed by atoms with Crippen LogP contribution in [0, 0.1) is 6.92 Å². The quantitative estimate of drug-likeness (QED) is 0.699. The van der Waals surface area contributed by atoms with E-state index in [2.05, 4.69) is 10.6 Å². The van der Waals surface area contributed by atoms with Gasteiger partial charge in [-0.2, -0.15) is 0 Å². The Bertz CT molecular complexity index is 800. The third-order valence-electron chi connectivity index (χ3n) is 3.87. The van der Waals surface area contributed by atoms with Crippen molar-refractivity contribution in [3.8, 4) is 0 Å². The van der Waals surface area contributed by atoms with E-state index in [4.69, 9.17) is 4.74 Å². The molecule has 0 radical (unpaired) electrons. The third-order valence-corrected chi connectivity index (χ3v) is 3.87. The fraction of sp³-hybridized carbons (Fsp3) is 0.286. The van der Waals surface area contributed by atoms with Gasteiger partial charge >= 0.3 is 5.97 Å². The van der Waals surface area contributed by atoms with Gasteiger partial charge < -0.3 is 15.4 Å². The molecule has 0 heterocycles. The van der Waals surface area contributed by atoms with E-state index in [-0.39, 0.29) is 25.4 Å². The fourth-order valence-electron chi connectivity index (χ4n) is 2.40. The molecule has 142 valence electrons. The van der Waals surface area contributed by atoms with E-state index < -0.39 is 11.9 Å². The van der Waals surface area contributed by atoms with Gasteiger partial charge in [0.2, 0.25) is 5.91 Å². The summed E-state index contributed by atoms with van der Waals surface area (Å²) in [6, 6.07) is 14.8. The molecule has 6 heteroatoms. The summed E-state index contributed by atoms with van der Waals surface area (Å²) in [6.45, 7) is 3.60. The minimum absolute atomic E-state index is 0.00707. The summed E-state index contributed by atoms with van der Waals surface area (Å²) < 4.78 is 4.91. The Morgan fingerprint density at radius 3 is 2.26 bits per heavy atom. The molecule has 0 atom stereocenters. The Kier molecular flexibility index (Phi) is 7.55. The van der Waals surface area contributed by atoms with Gasteiger partial charge in [-0.05, 0) is 48.7 Å². The molecule has 0 aromatic heterocycles. The van der Waals surface area contributed by atoms with Crippen molar-refractivity contribution in [2.45, 2.75) is 33.1 Å². The predicted molar refractivity (Wildman–Crippen MR) is 104 cm³/mol. The molecule has 2 N–H and O–H groups in total. The Morgan fingerprint density at radius 1 is 0.889 bits per heavy atom. The van der Waals surface area contributed by atoms with Crippen LogP contribution in [0.4, 0.5) is 11.4 Å². The number of amides is 2. The second-order valence-corrected chi connectivity index (χ2v) is 6.18. The summed E-state index contributed by atoms with van der Waals surface area (Å²) in [6.07, 6.45) is 0.826. The SMILES string of the molecule is CCc1ccc(NC(=O)COC(=O)CCC(=O)Nc2cccc(C)c2)cc1. The molecule has 2 rings (SSSR count). The van der Waals surface area contributed by atoms with Gasteiger partial charge in [-0.15, -0.1) is 0 Å². The molecule has 0 unspecified atom stereocenters. The van der Waals surface area contributed by atoms with E-state index >= 15 is 0 Å². The molecule has 0 saturated heterocycles. The highest BCUT2D eigenvalue weighted by Gasteiger charge is 2.11. The highest BCUT2D eigenvalue weighted by atomic mass is 16.5. The van der Waals surface area contributed by atoms with E-state index in [1.165, 1.54) is 5.56 Å². The van der Waals surface area contributed by atoms with Crippen molar-refractivity contribution in [2.24, 2.45) is 0 Å². The number of aryl methyl sites for hydroxylation is 2. The number of rotatable bonds is 8. The summed E-state index contributed by atoms with van der Waals surface area (Å²) in [7, 11) is 0. The first-order chi connectivity index (χ1) is 13.0. The summed E-state index contributed by atoms with van der Waals surface area (Å²) in [4.78, 5) is 35.4. The Hall–Kier alpha value is -3.15. The first kappa shape index (κ1) is 20.2. The van der Waals surface area contributed by atoms with Crippen LogP contribution in [0.5, 0.6) is 0 Å². The van der Waals surface area contributed by atoms with Crippen molar-refractivity contribution in [3.05, 3.63) is 59.7 Å². The molecule has 0 aliphatic carbocycles. The Labute approximate surface area is 158 Å². The second kappa shape index (κ2) is 10.1. The van der Waals surface area contributed by atoms with Crippen LogP contribution in [-0.4, -0.2) is 24.4 Å². The molecule has 2 aromatic rings. The number of benzene rings is 2. The maximum absolute atomic E-state index is 11.9. The number of anilines is 2. The minimum atomic E-state index is -0.592. The van der Waals surface area contributed by atoms with E-state index in [1.807, 2.05) is 44.2 Å². The van der Waals surface area contributed by atoms with Crippen molar-refractivity contribution in [1.29, 1.82) is 0 Å². The lowest BCUT2D eigenvalue weighted by Gasteiger charge is -2.08. The van der Waals surface area contributed by atoms with Gasteiger partial charge in [0.1, 0.15) is 0 Å². The molecule has 2 aromatic carbocycles. The summed E-state index contributed by atoms with van der Waals surface area (Å²) in [5.74, 6) is -1.29. The first-order valence-corrected chi connectivity index (χ1v) is 8.87. The van der Waals surface area contributed by atoms with Crippen molar-refractivity contribution in [3.63, 3.8) is 0 Å². The Morgan fingerprint density at radius 2 is 1.59 bits per heavy atom. The van der Waals surface area contributed by atoms with Crippen molar-refractivity contribution in [2.75, 3.05) is 17.2 Å². The molecule has 0 bridgehead atoms. The maximum atomic E-state index is 11.9. The molecule has 2 amide bonds. The second-order valence-electron chi connectivity index (χ2n) is 6.18. The average molecular weight is 368 g/mol. The molecule has 0 spiro atoms. The zero-order chi connectivity index (χ0) is 19.6. The number of esters is 1. The van der Waals surface area contributed by atoms with Gasteiger partial charge in [-0.25, -0.2) is 0 Å². The third kappa shape index (κ3) is 7.32. The van der Waals surface area contributed by atoms with E-state index in [9.17, 15) is 14.4 Å². The van der Waals surface area contributed by atoms with Crippen molar-refractivity contribution < 1.29 is 19.1 Å². The van der Waals surface area contributed by atoms with Gasteiger partial charge in [0.25, 0.3) is 5.91 Å². The molecule has 6 nitrogen and oxygen atoms in total. The summed E-state index contributed by atoms with van der Waals surface area (Å²) in [5.41, 5.74) is 3.53. The van der Waals surface area contributed by atoms with Crippen LogP contribution >= 0.6 is 0 Å². The summed E-state index contributed by atoms with van der Waals surface area (Å²) in [5, 5.41) is 5.37. The van der Waals surface area contributed by atoms with E-state index in [0.717, 1.165) is 12.0 Å². The Balaban J connectivity index is 1.67. The van der Waals surface area contributed by atoms with Gasteiger partial charge in [-0.3, -0.25) is 14.4 Å². The standard InChI is InChI=1S/C21H24N2O4/c1-3-16-7-9-17(10-8-16)22-20(25)14-27-21(26)12-11-19(24)23-18-6-4-5-15(2)13-18/h4-10,13H,3,11-12,14H2,1-2H3,(H,22,25)(H,23,24). The lowest BCUT2D eigenvalue weighted by molar-refractivity contribution is -0.147. The molecule has 0 saturated carbocycles. The van der Waals surface area contributed by atoms with E-state index in [0.29, 0.717) is 11.4 Å². The molecular formula is C21H24N2O4. The molecule has 0 aliphatic heterocycles. The number of hydrogen-bond acceptors (Lipinski definition) is 4. The smallest absolute Gasteiger partial charge is 0.306 e. The monoisotopic (exact) mass is 368 g/mol. The number of carbonyl (C=O) groups excluding carboxylic acids is 3. The van der Waals surface area contributed by atoms with Gasteiger partial charge in [-0.1, -0.05) is 31.2 Å². The summed E-state index contributed by atoms with van der Waals surface area (Å²) >= 11 is 0. The van der Waals surface area contributed by atoms with Crippen LogP contribution in [0.15, 0.2) is 48.5 Å². The number of carbonyl (C=O) groups is 3. The number of hydrogen-bond donors (Lipinski definition) is 2. The van der Waals surface area contributed by atoms with Crippen molar-refractivity contribution >= 4 is 29.2 Å². The van der Waals surface area contributed by atoms with Crippen LogP contribution in [0.2, 0.25) is 0 Å². The van der Waals surface area contributed by atoms with Crippen molar-refractivity contribution in [1.82, 2.24) is 0 Å². The van der Waals surface area contributed by atoms with Gasteiger partial charge in [0, 0.05) is 17.8 Å². The molecule has 0 aliphatic rings. The van der Waals surface area contributed by atoms with Crippen LogP contribution < -0.4 is 10.6 Å². The predicted octanol–water partition coefficient (Wildman–Crippen LogP) is 3.46. The zero-order valence-electron chi connectivity index (χ0n) is 15.6. The largest absolute Gasteiger partial charge is 0.456 e. The molecular weight excluding hydrogens is 344 g/mol. The number of ether oxygens (including phenoxy) is 1. The zero-order valence-corrected chi connectivity index (χ0v) is 15.6. The average Bonchev–Trinajstić information content (AvgIpc) is 2.65. The topological polar surface area (TPSA) is 84.5 Å². The highest BCUT2D eigenvalue weighted by Crippen LogP contribution is 2.11. The normalized spacial score (nSPS) is 10.1. The van der Waals surface area contributed by atoms with Crippen LogP contribution in [0.25, 0.3) is 0 Å². The lowest BCUT2D eigenvalue weighted by Crippen LogP contribution is -2.21. The van der Waals surface area contributed by atoms with Crippen LogP contribution in [0.1, 0.15) is 30.9 Å². The minimum Gasteiger partial charge on any atom is -0.456 e. The highest BCUT2D eigenvalue weighted by molar-refractivity contribution is 5.94. The molecule has 0 fully saturated rings. The van der Waals surface area contributed by atoms with Crippen LogP contribution in [0.3, 0.4) is 0 Å². The fourth-order valence-corrected chi connectivity index (χ4v) is 2.40. The maximum Gasteiger partial charge on any atom is 0.306 e. The number of nitrogens with one attached hydrogen (secondary N) is 2. The van der Waals surface area contributed by atoms with Crippen LogP contribution in [-0.2, 0) is 25.5 Å². The molecule has 27 heavy (non-hydrogen) atoms. The first-order valence-electron chi connectivity index (χ1n) is 8.87.